The summed E-state index contributed by atoms with van der Waals surface area (Å²) >= 11 is 0. The zero-order valence-electron chi connectivity index (χ0n) is 17.8. The Morgan fingerprint density at radius 2 is 2.03 bits per heavy atom. The zero-order chi connectivity index (χ0) is 20.9. The van der Waals surface area contributed by atoms with Gasteiger partial charge in [0.1, 0.15) is 6.61 Å². The summed E-state index contributed by atoms with van der Waals surface area (Å²) in [6.07, 6.45) is 3.42. The number of aromatic nitrogens is 1. The highest BCUT2D eigenvalue weighted by Gasteiger charge is 2.41. The van der Waals surface area contributed by atoms with Crippen molar-refractivity contribution in [2.24, 2.45) is 5.92 Å². The van der Waals surface area contributed by atoms with Crippen molar-refractivity contribution in [3.63, 3.8) is 0 Å². The number of fused-ring (bicyclic) bond motifs is 6. The van der Waals surface area contributed by atoms with Gasteiger partial charge in [-0.2, -0.15) is 0 Å². The third kappa shape index (κ3) is 3.38. The van der Waals surface area contributed by atoms with E-state index in [1.54, 1.807) is 19.0 Å². The Bertz CT molecular complexity index is 962. The Hall–Kier alpha value is -2.18. The molecule has 2 bridgehead atoms. The fraction of sp³-hybridized carbons (Fsp3) is 0.565. The Labute approximate surface area is 172 Å². The van der Waals surface area contributed by atoms with Crippen molar-refractivity contribution in [1.82, 2.24) is 14.4 Å². The molecule has 2 aromatic rings. The van der Waals surface area contributed by atoms with Crippen molar-refractivity contribution in [2.75, 3.05) is 27.7 Å². The largest absolute Gasteiger partial charge is 0.389 e. The van der Waals surface area contributed by atoms with Gasteiger partial charge < -0.3 is 14.6 Å². The predicted octanol–water partition coefficient (Wildman–Crippen LogP) is 2.30. The number of hydrogen-bond donors (Lipinski definition) is 1. The van der Waals surface area contributed by atoms with Gasteiger partial charge in [-0.15, -0.1) is 0 Å². The van der Waals surface area contributed by atoms with Gasteiger partial charge in [-0.1, -0.05) is 11.6 Å². The average molecular weight is 398 g/mol. The third-order valence-electron chi connectivity index (χ3n) is 6.82. The maximum Gasteiger partial charge on any atom is 0.227 e. The summed E-state index contributed by atoms with van der Waals surface area (Å²) in [6, 6.07) is 7.50. The van der Waals surface area contributed by atoms with Crippen LogP contribution in [0.15, 0.2) is 18.2 Å². The third-order valence-corrected chi connectivity index (χ3v) is 6.82. The van der Waals surface area contributed by atoms with E-state index in [0.717, 1.165) is 11.9 Å². The molecule has 0 radical (unpaired) electrons. The van der Waals surface area contributed by atoms with E-state index in [4.69, 9.17) is 0 Å². The van der Waals surface area contributed by atoms with Crippen LogP contribution in [0.25, 0.3) is 10.9 Å². The number of carbonyl (C=O) groups excluding carboxylic acids is 2. The van der Waals surface area contributed by atoms with E-state index < -0.39 is 12.5 Å². The van der Waals surface area contributed by atoms with Crippen molar-refractivity contribution in [1.29, 1.82) is 0 Å². The van der Waals surface area contributed by atoms with Crippen molar-refractivity contribution < 1.29 is 14.7 Å². The number of hydrogen-bond acceptors (Lipinski definition) is 4. The van der Waals surface area contributed by atoms with Crippen LogP contribution in [0.3, 0.4) is 0 Å². The van der Waals surface area contributed by atoms with Gasteiger partial charge in [0.25, 0.3) is 0 Å². The minimum atomic E-state index is -0.518. The van der Waals surface area contributed by atoms with Crippen LogP contribution >= 0.6 is 0 Å². The van der Waals surface area contributed by atoms with Crippen LogP contribution in [-0.4, -0.2) is 65.0 Å². The quantitative estimate of drug-likeness (QED) is 0.812. The Morgan fingerprint density at radius 3 is 2.72 bits per heavy atom. The van der Waals surface area contributed by atoms with Gasteiger partial charge in [-0.05, 0) is 44.5 Å². The summed E-state index contributed by atoms with van der Waals surface area (Å²) in [4.78, 5) is 28.9. The Morgan fingerprint density at radius 1 is 1.28 bits per heavy atom. The van der Waals surface area contributed by atoms with Crippen LogP contribution in [-0.2, 0) is 22.6 Å². The summed E-state index contributed by atoms with van der Waals surface area (Å²) in [6.45, 7) is 2.07. The summed E-state index contributed by atoms with van der Waals surface area (Å²) in [5.41, 5.74) is 5.11. The zero-order valence-corrected chi connectivity index (χ0v) is 17.8. The molecule has 3 unspecified atom stereocenters. The molecule has 6 heteroatoms. The Kier molecular flexibility index (Phi) is 5.25. The molecule has 29 heavy (non-hydrogen) atoms. The molecule has 1 aromatic carbocycles. The van der Waals surface area contributed by atoms with Gasteiger partial charge in [0, 0.05) is 62.2 Å². The molecular formula is C23H31N3O3. The second kappa shape index (κ2) is 7.58. The molecule has 1 saturated heterocycles. The summed E-state index contributed by atoms with van der Waals surface area (Å²) in [5, 5.41) is 10.5. The minimum absolute atomic E-state index is 0.0644. The molecule has 0 aliphatic carbocycles. The molecule has 2 aliphatic rings. The summed E-state index contributed by atoms with van der Waals surface area (Å²) in [5.74, 6) is -0.820. The molecular weight excluding hydrogens is 366 g/mol. The first-order valence-electron chi connectivity index (χ1n) is 10.5. The maximum absolute atomic E-state index is 12.8. The fourth-order valence-corrected chi connectivity index (χ4v) is 5.33. The lowest BCUT2D eigenvalue weighted by Crippen LogP contribution is -2.37. The van der Waals surface area contributed by atoms with Gasteiger partial charge >= 0.3 is 0 Å². The molecule has 4 rings (SSSR count). The standard InChI is InChI=1S/C23H31N3O3/c1-14-5-7-19-18(9-14)22-20-8-6-16(25(20)4)11-21(22)26(19)12-15(10-17(28)13-27)23(29)24(2)3/h5,7,9,15-16,20,27H,6,8,10-13H2,1-4H3. The van der Waals surface area contributed by atoms with Gasteiger partial charge in [-0.3, -0.25) is 14.5 Å². The highest BCUT2D eigenvalue weighted by Crippen LogP contribution is 2.47. The molecule has 0 spiro atoms. The van der Waals surface area contributed by atoms with Crippen molar-refractivity contribution in [2.45, 2.75) is 51.2 Å². The Balaban J connectivity index is 1.82. The number of Topliss-reactive ketones (excluding diaryl/α,β-unsaturated/α-hetero) is 1. The number of nitrogens with zero attached hydrogens (tertiary/aromatic N) is 3. The first-order chi connectivity index (χ1) is 13.8. The normalized spacial score (nSPS) is 22.0. The number of aliphatic hydroxyl groups is 1. The first kappa shape index (κ1) is 20.1. The highest BCUT2D eigenvalue weighted by molar-refractivity contribution is 5.89. The summed E-state index contributed by atoms with van der Waals surface area (Å²) in [7, 11) is 5.67. The number of ketones is 1. The van der Waals surface area contributed by atoms with Gasteiger partial charge in [0.05, 0.1) is 5.92 Å². The lowest BCUT2D eigenvalue weighted by Gasteiger charge is -2.33. The second-order valence-corrected chi connectivity index (χ2v) is 8.94. The van der Waals surface area contributed by atoms with E-state index >= 15 is 0 Å². The number of amides is 1. The number of likely N-dealkylation sites (N-methyl/N-ethyl adjacent to an activating group) is 1. The first-order valence-corrected chi connectivity index (χ1v) is 10.5. The average Bonchev–Trinajstić information content (AvgIpc) is 3.10. The van der Waals surface area contributed by atoms with Crippen LogP contribution in [0.1, 0.15) is 42.1 Å². The van der Waals surface area contributed by atoms with Crippen molar-refractivity contribution in [3.8, 4) is 0 Å². The van der Waals surface area contributed by atoms with E-state index in [9.17, 15) is 14.7 Å². The number of benzene rings is 1. The van der Waals surface area contributed by atoms with Gasteiger partial charge in [0.15, 0.2) is 5.78 Å². The van der Waals surface area contributed by atoms with E-state index in [1.807, 2.05) is 0 Å². The van der Waals surface area contributed by atoms with E-state index in [0.29, 0.717) is 18.6 Å². The van der Waals surface area contributed by atoms with Crippen LogP contribution in [0.2, 0.25) is 0 Å². The lowest BCUT2D eigenvalue weighted by molar-refractivity contribution is -0.136. The van der Waals surface area contributed by atoms with Crippen LogP contribution in [0, 0.1) is 12.8 Å². The topological polar surface area (TPSA) is 65.8 Å². The van der Waals surface area contributed by atoms with Gasteiger partial charge in [0.2, 0.25) is 5.91 Å². The van der Waals surface area contributed by atoms with E-state index in [2.05, 4.69) is 41.6 Å². The molecule has 3 atom stereocenters. The van der Waals surface area contributed by atoms with E-state index in [1.165, 1.54) is 35.0 Å². The van der Waals surface area contributed by atoms with Crippen molar-refractivity contribution >= 4 is 22.6 Å². The number of carbonyl (C=O) groups is 2. The van der Waals surface area contributed by atoms with E-state index in [-0.39, 0.29) is 18.1 Å². The molecule has 1 aromatic heterocycles. The van der Waals surface area contributed by atoms with Crippen LogP contribution < -0.4 is 0 Å². The molecule has 1 fully saturated rings. The molecule has 1 N–H and O–H groups in total. The minimum Gasteiger partial charge on any atom is -0.389 e. The molecule has 0 saturated carbocycles. The molecule has 3 heterocycles. The number of aliphatic hydroxyl groups excluding tert-OH is 1. The number of aryl methyl sites for hydroxylation is 1. The monoisotopic (exact) mass is 397 g/mol. The van der Waals surface area contributed by atoms with Crippen LogP contribution in [0.4, 0.5) is 0 Å². The number of rotatable bonds is 6. The lowest BCUT2D eigenvalue weighted by atomic mass is 9.96. The fourth-order valence-electron chi connectivity index (χ4n) is 5.33. The molecule has 156 valence electrons. The van der Waals surface area contributed by atoms with Crippen molar-refractivity contribution in [3.05, 3.63) is 35.0 Å². The van der Waals surface area contributed by atoms with Gasteiger partial charge in [-0.25, -0.2) is 0 Å². The van der Waals surface area contributed by atoms with Crippen LogP contribution in [0.5, 0.6) is 0 Å². The predicted molar refractivity (Wildman–Crippen MR) is 113 cm³/mol. The maximum atomic E-state index is 12.8. The smallest absolute Gasteiger partial charge is 0.227 e. The molecule has 2 aliphatic heterocycles. The molecule has 1 amide bonds. The SMILES string of the molecule is Cc1ccc2c(c1)c1c(n2CC(CC(=O)CO)C(=O)N(C)C)CC2CCC1N2C. The summed E-state index contributed by atoms with van der Waals surface area (Å²) < 4.78 is 2.29. The highest BCUT2D eigenvalue weighted by atomic mass is 16.3. The molecule has 6 nitrogen and oxygen atoms in total. The second-order valence-electron chi connectivity index (χ2n) is 8.94.